The fraction of sp³-hybridized carbons (Fsp3) is 0.310. The monoisotopic (exact) mass is 545 g/mol. The van der Waals surface area contributed by atoms with Crippen LogP contribution < -0.4 is 16.6 Å². The number of nitrogens with two attached hydrogens (primary N) is 1. The van der Waals surface area contributed by atoms with E-state index in [9.17, 15) is 9.59 Å². The van der Waals surface area contributed by atoms with Crippen LogP contribution in [0.15, 0.2) is 66.1 Å². The standard InChI is InChI=1S/C29H32BN3O5S/c1-28(2)29(3,4)38-30(37-28)18(15-19-13-14-25(39-19)26(34)33-31)16-32-27(35)36-17-24-22-11-7-5-9-20(22)21-10-6-8-12-23(21)24/h5-15,24H,16-17,31H2,1-4H3,(H,32,35)(H,33,34). The Hall–Kier alpha value is -3.44. The number of hydrazine groups is 1. The molecule has 2 amide bonds. The summed E-state index contributed by atoms with van der Waals surface area (Å²) >= 11 is 1.28. The highest BCUT2D eigenvalue weighted by Crippen LogP contribution is 2.44. The zero-order chi connectivity index (χ0) is 27.8. The van der Waals surface area contributed by atoms with Gasteiger partial charge in [0.05, 0.1) is 16.1 Å². The van der Waals surface area contributed by atoms with Crippen LogP contribution in [0.5, 0.6) is 0 Å². The SMILES string of the molecule is CC1(C)OB(C(=Cc2ccc(C(=O)NN)s2)CNC(=O)OCC2c3ccccc3-c3ccccc32)OC1(C)C. The van der Waals surface area contributed by atoms with E-state index in [1.807, 2.05) is 64.1 Å². The molecule has 5 rings (SSSR count). The number of thiophene rings is 1. The molecule has 8 nitrogen and oxygen atoms in total. The first-order valence-electron chi connectivity index (χ1n) is 12.9. The van der Waals surface area contributed by atoms with Gasteiger partial charge >= 0.3 is 13.2 Å². The summed E-state index contributed by atoms with van der Waals surface area (Å²) in [7, 11) is -0.683. The number of fused-ring (bicyclic) bond motifs is 3. The molecule has 2 heterocycles. The molecule has 1 fully saturated rings. The van der Waals surface area contributed by atoms with E-state index in [4.69, 9.17) is 19.9 Å². The van der Waals surface area contributed by atoms with Crippen LogP contribution >= 0.6 is 11.3 Å². The number of hydrogen-bond acceptors (Lipinski definition) is 7. The van der Waals surface area contributed by atoms with Gasteiger partial charge in [0.25, 0.3) is 5.91 Å². The molecule has 0 radical (unpaired) electrons. The van der Waals surface area contributed by atoms with Gasteiger partial charge in [0.1, 0.15) is 6.61 Å². The summed E-state index contributed by atoms with van der Waals surface area (Å²) in [5.41, 5.74) is 6.38. The molecule has 0 spiro atoms. The molecule has 1 aliphatic heterocycles. The van der Waals surface area contributed by atoms with Crippen molar-refractivity contribution >= 4 is 36.5 Å². The average Bonchev–Trinajstić information content (AvgIpc) is 3.57. The second kappa shape index (κ2) is 10.6. The van der Waals surface area contributed by atoms with E-state index in [2.05, 4.69) is 35.0 Å². The summed E-state index contributed by atoms with van der Waals surface area (Å²) < 4.78 is 18.2. The van der Waals surface area contributed by atoms with Gasteiger partial charge in [-0.25, -0.2) is 10.6 Å². The Morgan fingerprint density at radius 1 is 0.974 bits per heavy atom. The quantitative estimate of drug-likeness (QED) is 0.169. The third-order valence-corrected chi connectivity index (χ3v) is 8.68. The lowest BCUT2D eigenvalue weighted by molar-refractivity contribution is 0.00578. The minimum Gasteiger partial charge on any atom is -0.449 e. The Labute approximate surface area is 232 Å². The smallest absolute Gasteiger partial charge is 0.449 e. The molecule has 10 heteroatoms. The summed E-state index contributed by atoms with van der Waals surface area (Å²) in [5, 5.41) is 2.86. The maximum Gasteiger partial charge on any atom is 0.492 e. The molecular weight excluding hydrogens is 513 g/mol. The molecule has 4 N–H and O–H groups in total. The third-order valence-electron chi connectivity index (χ3n) is 7.65. The molecule has 39 heavy (non-hydrogen) atoms. The summed E-state index contributed by atoms with van der Waals surface area (Å²) in [5.74, 6) is 4.88. The molecule has 0 unspecified atom stereocenters. The van der Waals surface area contributed by atoms with Crippen LogP contribution in [0.25, 0.3) is 17.2 Å². The highest BCUT2D eigenvalue weighted by Gasteiger charge is 2.52. The molecule has 2 aliphatic rings. The first kappa shape index (κ1) is 27.1. The van der Waals surface area contributed by atoms with Crippen molar-refractivity contribution in [3.05, 3.63) is 87.0 Å². The number of nitrogen functional groups attached to an aromatic ring is 1. The number of nitrogens with one attached hydrogen (secondary N) is 2. The number of carbonyl (C=O) groups is 2. The van der Waals surface area contributed by atoms with Gasteiger partial charge in [-0.15, -0.1) is 11.3 Å². The number of benzene rings is 2. The second-order valence-electron chi connectivity index (χ2n) is 10.7. The van der Waals surface area contributed by atoms with Crippen molar-refractivity contribution in [3.63, 3.8) is 0 Å². The van der Waals surface area contributed by atoms with Gasteiger partial charge in [0.15, 0.2) is 0 Å². The van der Waals surface area contributed by atoms with Gasteiger partial charge in [-0.2, -0.15) is 0 Å². The molecule has 0 saturated carbocycles. The average molecular weight is 545 g/mol. The van der Waals surface area contributed by atoms with Crippen molar-refractivity contribution in [2.45, 2.75) is 44.8 Å². The maximum atomic E-state index is 12.9. The molecule has 1 aliphatic carbocycles. The third kappa shape index (κ3) is 5.38. The fourth-order valence-corrected chi connectivity index (χ4v) is 5.71. The van der Waals surface area contributed by atoms with Crippen molar-refractivity contribution < 1.29 is 23.6 Å². The van der Waals surface area contributed by atoms with Gasteiger partial charge in [-0.1, -0.05) is 48.5 Å². The van der Waals surface area contributed by atoms with Crippen molar-refractivity contribution in [2.24, 2.45) is 5.84 Å². The van der Waals surface area contributed by atoms with Crippen molar-refractivity contribution in [2.75, 3.05) is 13.2 Å². The summed E-state index contributed by atoms with van der Waals surface area (Å²) in [6.45, 7) is 8.25. The number of alkyl carbamates (subject to hydrolysis) is 1. The second-order valence-corrected chi connectivity index (χ2v) is 11.8. The maximum absolute atomic E-state index is 12.9. The zero-order valence-corrected chi connectivity index (χ0v) is 23.3. The van der Waals surface area contributed by atoms with Gasteiger partial charge in [-0.3, -0.25) is 10.2 Å². The number of ether oxygens (including phenoxy) is 1. The van der Waals surface area contributed by atoms with Gasteiger partial charge in [0.2, 0.25) is 0 Å². The van der Waals surface area contributed by atoms with Gasteiger partial charge < -0.3 is 19.4 Å². The van der Waals surface area contributed by atoms with Crippen molar-refractivity contribution in [1.82, 2.24) is 10.7 Å². The predicted octanol–water partition coefficient (Wildman–Crippen LogP) is 4.91. The molecule has 0 bridgehead atoms. The normalized spacial score (nSPS) is 17.5. The van der Waals surface area contributed by atoms with Crippen molar-refractivity contribution in [3.8, 4) is 11.1 Å². The molecule has 202 valence electrons. The van der Waals surface area contributed by atoms with Crippen LogP contribution in [0, 0.1) is 0 Å². The lowest BCUT2D eigenvalue weighted by Gasteiger charge is -2.32. The Morgan fingerprint density at radius 3 is 2.15 bits per heavy atom. The van der Waals surface area contributed by atoms with E-state index < -0.39 is 24.4 Å². The lowest BCUT2D eigenvalue weighted by atomic mass is 9.77. The van der Waals surface area contributed by atoms with Crippen LogP contribution in [0.1, 0.15) is 59.3 Å². The van der Waals surface area contributed by atoms with E-state index in [0.717, 1.165) is 16.0 Å². The van der Waals surface area contributed by atoms with Crippen LogP contribution in [0.3, 0.4) is 0 Å². The highest BCUT2D eigenvalue weighted by molar-refractivity contribution is 7.14. The Bertz CT molecular complexity index is 1370. The number of carbonyl (C=O) groups excluding carboxylic acids is 2. The summed E-state index contributed by atoms with van der Waals surface area (Å²) in [6.07, 6.45) is 1.33. The van der Waals surface area contributed by atoms with Crippen LogP contribution in [-0.2, 0) is 14.0 Å². The molecule has 0 atom stereocenters. The molecule has 2 aromatic carbocycles. The summed E-state index contributed by atoms with van der Waals surface area (Å²) in [6, 6.07) is 19.9. The van der Waals surface area contributed by atoms with Gasteiger partial charge in [-0.05, 0) is 73.6 Å². The number of amides is 2. The topological polar surface area (TPSA) is 112 Å². The fourth-order valence-electron chi connectivity index (χ4n) is 4.83. The lowest BCUT2D eigenvalue weighted by Crippen LogP contribution is -2.41. The molecule has 3 aromatic rings. The van der Waals surface area contributed by atoms with E-state index in [-0.39, 0.29) is 25.0 Å². The van der Waals surface area contributed by atoms with E-state index in [0.29, 0.717) is 10.3 Å². The minimum atomic E-state index is -0.683. The summed E-state index contributed by atoms with van der Waals surface area (Å²) in [4.78, 5) is 26.1. The van der Waals surface area contributed by atoms with Crippen LogP contribution in [-0.4, -0.2) is 43.5 Å². The van der Waals surface area contributed by atoms with E-state index in [1.165, 1.54) is 22.5 Å². The Morgan fingerprint density at radius 2 is 1.56 bits per heavy atom. The number of hydrogen-bond donors (Lipinski definition) is 3. The molecular formula is C29H32BN3O5S. The first-order chi connectivity index (χ1) is 18.6. The van der Waals surface area contributed by atoms with Gasteiger partial charge in [0, 0.05) is 17.3 Å². The minimum absolute atomic E-state index is 0.0282. The molecule has 1 saturated heterocycles. The number of rotatable bonds is 7. The Kier molecular flexibility index (Phi) is 7.39. The van der Waals surface area contributed by atoms with E-state index in [1.54, 1.807) is 6.07 Å². The Balaban J connectivity index is 1.30. The van der Waals surface area contributed by atoms with Crippen LogP contribution in [0.2, 0.25) is 0 Å². The molecule has 1 aromatic heterocycles. The van der Waals surface area contributed by atoms with Crippen LogP contribution in [0.4, 0.5) is 4.79 Å². The largest absolute Gasteiger partial charge is 0.492 e. The highest BCUT2D eigenvalue weighted by atomic mass is 32.1. The predicted molar refractivity (Wildman–Crippen MR) is 153 cm³/mol. The van der Waals surface area contributed by atoms with E-state index >= 15 is 0 Å². The first-order valence-corrected chi connectivity index (χ1v) is 13.7. The zero-order valence-electron chi connectivity index (χ0n) is 22.4. The van der Waals surface area contributed by atoms with Crippen molar-refractivity contribution in [1.29, 1.82) is 0 Å².